The standard InChI is InChI=1S/C24H26O/c1-17-10-11-18(14-17)12-13-24(25)23-16-21(19-6-2-3-7-19)15-22(23)20-8-4-5-9-20/h2-6,8,10-11,16,22-23H,7,9,12-15H2,1H3. The Morgan fingerprint density at radius 2 is 1.88 bits per heavy atom. The molecule has 2 unspecified atom stereocenters. The summed E-state index contributed by atoms with van der Waals surface area (Å²) in [5.41, 5.74) is 7.07. The highest BCUT2D eigenvalue weighted by atomic mass is 16.1. The van der Waals surface area contributed by atoms with Gasteiger partial charge in [-0.3, -0.25) is 4.79 Å². The number of allylic oxidation sites excluding steroid dienone is 14. The number of rotatable bonds is 6. The fourth-order valence-corrected chi connectivity index (χ4v) is 4.46. The summed E-state index contributed by atoms with van der Waals surface area (Å²) in [5, 5.41) is 0. The van der Waals surface area contributed by atoms with Gasteiger partial charge in [0.05, 0.1) is 0 Å². The Bertz CT molecular complexity index is 792. The van der Waals surface area contributed by atoms with Gasteiger partial charge in [-0.2, -0.15) is 0 Å². The summed E-state index contributed by atoms with van der Waals surface area (Å²) in [7, 11) is 0. The third-order valence-corrected chi connectivity index (χ3v) is 5.89. The molecule has 0 aromatic heterocycles. The lowest BCUT2D eigenvalue weighted by atomic mass is 9.83. The molecule has 2 atom stereocenters. The van der Waals surface area contributed by atoms with Crippen LogP contribution < -0.4 is 0 Å². The van der Waals surface area contributed by atoms with E-state index in [1.165, 1.54) is 27.9 Å². The molecule has 0 bridgehead atoms. The summed E-state index contributed by atoms with van der Waals surface area (Å²) in [6.45, 7) is 2.16. The zero-order valence-electron chi connectivity index (χ0n) is 15.0. The van der Waals surface area contributed by atoms with Crippen molar-refractivity contribution in [2.45, 2.75) is 45.4 Å². The minimum atomic E-state index is 0.0682. The van der Waals surface area contributed by atoms with Gasteiger partial charge in [-0.05, 0) is 56.1 Å². The molecule has 4 aliphatic carbocycles. The number of hydrogen-bond donors (Lipinski definition) is 0. The first-order valence-corrected chi connectivity index (χ1v) is 9.51. The Kier molecular flexibility index (Phi) is 4.57. The maximum absolute atomic E-state index is 13.0. The van der Waals surface area contributed by atoms with Crippen LogP contribution in [-0.2, 0) is 4.79 Å². The molecule has 0 amide bonds. The number of ketones is 1. The molecule has 0 aliphatic heterocycles. The van der Waals surface area contributed by atoms with E-state index in [2.05, 4.69) is 61.6 Å². The molecule has 0 N–H and O–H groups in total. The second kappa shape index (κ2) is 7.00. The average Bonchev–Trinajstić information content (AvgIpc) is 3.38. The quantitative estimate of drug-likeness (QED) is 0.588. The van der Waals surface area contributed by atoms with Crippen molar-refractivity contribution in [1.29, 1.82) is 0 Å². The van der Waals surface area contributed by atoms with Crippen LogP contribution in [0.1, 0.15) is 45.4 Å². The van der Waals surface area contributed by atoms with E-state index in [-0.39, 0.29) is 5.92 Å². The first kappa shape index (κ1) is 16.3. The van der Waals surface area contributed by atoms with Crippen LogP contribution in [0.4, 0.5) is 0 Å². The topological polar surface area (TPSA) is 17.1 Å². The predicted octanol–water partition coefficient (Wildman–Crippen LogP) is 5.95. The second-order valence-electron chi connectivity index (χ2n) is 7.71. The molecule has 0 saturated carbocycles. The highest BCUT2D eigenvalue weighted by Gasteiger charge is 2.35. The van der Waals surface area contributed by atoms with Crippen molar-refractivity contribution in [2.24, 2.45) is 11.8 Å². The molecule has 128 valence electrons. The van der Waals surface area contributed by atoms with Crippen LogP contribution >= 0.6 is 0 Å². The second-order valence-corrected chi connectivity index (χ2v) is 7.71. The van der Waals surface area contributed by atoms with Gasteiger partial charge in [0.1, 0.15) is 5.78 Å². The Morgan fingerprint density at radius 1 is 1.04 bits per heavy atom. The largest absolute Gasteiger partial charge is 0.299 e. The first-order chi connectivity index (χ1) is 12.2. The zero-order valence-corrected chi connectivity index (χ0v) is 15.0. The maximum atomic E-state index is 13.0. The third kappa shape index (κ3) is 3.46. The van der Waals surface area contributed by atoms with Crippen LogP contribution in [0.2, 0.25) is 0 Å². The molecule has 0 saturated heterocycles. The summed E-state index contributed by atoms with van der Waals surface area (Å²) in [6, 6.07) is 0. The van der Waals surface area contributed by atoms with Gasteiger partial charge in [-0.25, -0.2) is 0 Å². The van der Waals surface area contributed by atoms with E-state index >= 15 is 0 Å². The van der Waals surface area contributed by atoms with Crippen LogP contribution in [0.5, 0.6) is 0 Å². The summed E-state index contributed by atoms with van der Waals surface area (Å²) in [4.78, 5) is 13.0. The van der Waals surface area contributed by atoms with Crippen molar-refractivity contribution in [2.75, 3.05) is 0 Å². The predicted molar refractivity (Wildman–Crippen MR) is 104 cm³/mol. The van der Waals surface area contributed by atoms with Crippen LogP contribution in [-0.4, -0.2) is 5.78 Å². The van der Waals surface area contributed by atoms with Crippen molar-refractivity contribution < 1.29 is 4.79 Å². The molecule has 0 radical (unpaired) electrons. The lowest BCUT2D eigenvalue weighted by Crippen LogP contribution is -2.20. The summed E-state index contributed by atoms with van der Waals surface area (Å²) >= 11 is 0. The molecule has 4 aliphatic rings. The van der Waals surface area contributed by atoms with Gasteiger partial charge >= 0.3 is 0 Å². The van der Waals surface area contributed by atoms with Gasteiger partial charge in [-0.15, -0.1) is 0 Å². The maximum Gasteiger partial charge on any atom is 0.140 e. The SMILES string of the molecule is CC1=CC=C(CCC(=O)C2C=C(C3=CC=CC3)CC2C2=CC=CC2)C1. The summed E-state index contributed by atoms with van der Waals surface area (Å²) < 4.78 is 0. The normalized spacial score (nSPS) is 27.3. The molecule has 0 aromatic carbocycles. The van der Waals surface area contributed by atoms with Crippen LogP contribution in [0.25, 0.3) is 0 Å². The van der Waals surface area contributed by atoms with E-state index in [0.29, 0.717) is 18.1 Å². The van der Waals surface area contributed by atoms with Gasteiger partial charge in [0.15, 0.2) is 0 Å². The smallest absolute Gasteiger partial charge is 0.140 e. The van der Waals surface area contributed by atoms with Gasteiger partial charge in [0.25, 0.3) is 0 Å². The van der Waals surface area contributed by atoms with Gasteiger partial charge in [-0.1, -0.05) is 71.4 Å². The van der Waals surface area contributed by atoms with Crippen molar-refractivity contribution in [3.05, 3.63) is 82.5 Å². The average molecular weight is 330 g/mol. The lowest BCUT2D eigenvalue weighted by Gasteiger charge is -2.20. The van der Waals surface area contributed by atoms with Crippen LogP contribution in [0.3, 0.4) is 0 Å². The van der Waals surface area contributed by atoms with Crippen molar-refractivity contribution >= 4 is 5.78 Å². The monoisotopic (exact) mass is 330 g/mol. The number of carbonyl (C=O) groups is 1. The van der Waals surface area contributed by atoms with E-state index < -0.39 is 0 Å². The molecule has 0 heterocycles. The van der Waals surface area contributed by atoms with Gasteiger partial charge < -0.3 is 0 Å². The molecule has 0 aromatic rings. The van der Waals surface area contributed by atoms with Crippen molar-refractivity contribution in [3.63, 3.8) is 0 Å². The Balaban J connectivity index is 1.46. The van der Waals surface area contributed by atoms with E-state index in [4.69, 9.17) is 0 Å². The molecule has 1 nitrogen and oxygen atoms in total. The summed E-state index contributed by atoms with van der Waals surface area (Å²) in [5.74, 6) is 0.861. The number of hydrogen-bond acceptors (Lipinski definition) is 1. The zero-order chi connectivity index (χ0) is 17.2. The molecule has 4 rings (SSSR count). The van der Waals surface area contributed by atoms with E-state index in [1.807, 2.05) is 0 Å². The van der Waals surface area contributed by atoms with Crippen LogP contribution in [0.15, 0.2) is 82.5 Å². The molecule has 0 spiro atoms. The minimum Gasteiger partial charge on any atom is -0.299 e. The Morgan fingerprint density at radius 3 is 2.56 bits per heavy atom. The van der Waals surface area contributed by atoms with Crippen molar-refractivity contribution in [3.8, 4) is 0 Å². The van der Waals surface area contributed by atoms with E-state index in [9.17, 15) is 4.79 Å². The fraction of sp³-hybridized carbons (Fsp3) is 0.375. The van der Waals surface area contributed by atoms with Crippen molar-refractivity contribution in [1.82, 2.24) is 0 Å². The molecule has 1 heteroatoms. The Hall–Kier alpha value is -2.15. The molecular weight excluding hydrogens is 304 g/mol. The summed E-state index contributed by atoms with van der Waals surface area (Å²) in [6.07, 6.45) is 25.5. The highest BCUT2D eigenvalue weighted by Crippen LogP contribution is 2.43. The lowest BCUT2D eigenvalue weighted by molar-refractivity contribution is -0.122. The van der Waals surface area contributed by atoms with Gasteiger partial charge in [0, 0.05) is 12.3 Å². The minimum absolute atomic E-state index is 0.0682. The molecule has 0 fully saturated rings. The first-order valence-electron chi connectivity index (χ1n) is 9.51. The Labute approximate surface area is 150 Å². The fourth-order valence-electron chi connectivity index (χ4n) is 4.46. The van der Waals surface area contributed by atoms with E-state index in [0.717, 1.165) is 32.1 Å². The van der Waals surface area contributed by atoms with Crippen LogP contribution in [0, 0.1) is 11.8 Å². The highest BCUT2D eigenvalue weighted by molar-refractivity contribution is 5.85. The number of Topliss-reactive ketones (excluding diaryl/α,β-unsaturated/α-hetero) is 1. The third-order valence-electron chi connectivity index (χ3n) is 5.89. The molecule has 25 heavy (non-hydrogen) atoms. The van der Waals surface area contributed by atoms with Gasteiger partial charge in [0.2, 0.25) is 0 Å². The molecular formula is C24H26O. The van der Waals surface area contributed by atoms with E-state index in [1.54, 1.807) is 0 Å². The number of carbonyl (C=O) groups excluding carboxylic acids is 1.